The third-order valence-electron chi connectivity index (χ3n) is 4.91. The molecule has 9 heteroatoms. The van der Waals surface area contributed by atoms with Gasteiger partial charge < -0.3 is 4.74 Å². The van der Waals surface area contributed by atoms with E-state index in [9.17, 15) is 18.0 Å². The van der Waals surface area contributed by atoms with Gasteiger partial charge in [0, 0.05) is 5.56 Å². The Kier molecular flexibility index (Phi) is 7.21. The molecule has 6 nitrogen and oxygen atoms in total. The van der Waals surface area contributed by atoms with Gasteiger partial charge >= 0.3 is 5.97 Å². The zero-order chi connectivity index (χ0) is 25.0. The maximum absolute atomic E-state index is 13.6. The van der Waals surface area contributed by atoms with E-state index in [0.29, 0.717) is 4.31 Å². The summed E-state index contributed by atoms with van der Waals surface area (Å²) in [5.41, 5.74) is 0.298. The summed E-state index contributed by atoms with van der Waals surface area (Å²) >= 11 is 12.7. The van der Waals surface area contributed by atoms with Gasteiger partial charge in [-0.1, -0.05) is 77.8 Å². The SMILES string of the molecule is O=C(Oc1c(Cl)cc(N(C(=O)c2ccccc2)S(=O)(=O)c2ccccc2)cc1Cl)c1ccccc1. The lowest BCUT2D eigenvalue weighted by atomic mass is 10.2. The molecule has 1 amide bonds. The summed E-state index contributed by atoms with van der Waals surface area (Å²) < 4.78 is 33.1. The minimum Gasteiger partial charge on any atom is -0.420 e. The number of esters is 1. The number of halogens is 2. The van der Waals surface area contributed by atoms with Crippen LogP contribution >= 0.6 is 23.2 Å². The van der Waals surface area contributed by atoms with Gasteiger partial charge in [-0.15, -0.1) is 0 Å². The number of benzene rings is 4. The van der Waals surface area contributed by atoms with E-state index in [1.165, 1.54) is 36.4 Å². The molecule has 0 aromatic heterocycles. The average Bonchev–Trinajstić information content (AvgIpc) is 2.87. The van der Waals surface area contributed by atoms with Crippen molar-refractivity contribution in [3.8, 4) is 5.75 Å². The fourth-order valence-corrected chi connectivity index (χ4v) is 5.22. The molecule has 0 bridgehead atoms. The van der Waals surface area contributed by atoms with Crippen molar-refractivity contribution >= 4 is 50.8 Å². The van der Waals surface area contributed by atoms with Crippen molar-refractivity contribution in [3.05, 3.63) is 124 Å². The van der Waals surface area contributed by atoms with Crippen LogP contribution in [0.2, 0.25) is 10.0 Å². The molecule has 0 heterocycles. The Morgan fingerprint density at radius 3 is 1.66 bits per heavy atom. The zero-order valence-electron chi connectivity index (χ0n) is 18.0. The van der Waals surface area contributed by atoms with E-state index in [1.807, 2.05) is 0 Å². The van der Waals surface area contributed by atoms with Crippen LogP contribution in [0.5, 0.6) is 5.75 Å². The Balaban J connectivity index is 1.79. The van der Waals surface area contributed by atoms with Gasteiger partial charge in [0.2, 0.25) is 0 Å². The standard InChI is InChI=1S/C26H17Cl2NO5S/c27-22-16-20(17-23(28)24(22)34-26(31)19-12-6-2-7-13-19)29(25(30)18-10-4-1-5-11-18)35(32,33)21-14-8-3-9-15-21/h1-17H. The minimum absolute atomic E-state index is 0.101. The van der Waals surface area contributed by atoms with Gasteiger partial charge in [-0.3, -0.25) is 4.79 Å². The minimum atomic E-state index is -4.36. The molecule has 0 spiro atoms. The number of hydrogen-bond acceptors (Lipinski definition) is 5. The van der Waals surface area contributed by atoms with Crippen LogP contribution < -0.4 is 9.04 Å². The number of sulfonamides is 1. The average molecular weight is 526 g/mol. The van der Waals surface area contributed by atoms with E-state index in [4.69, 9.17) is 27.9 Å². The lowest BCUT2D eigenvalue weighted by Gasteiger charge is -2.24. The molecule has 0 atom stereocenters. The molecule has 0 radical (unpaired) electrons. The maximum atomic E-state index is 13.6. The monoisotopic (exact) mass is 525 g/mol. The Labute approximate surface area is 212 Å². The zero-order valence-corrected chi connectivity index (χ0v) is 20.3. The van der Waals surface area contributed by atoms with Crippen LogP contribution in [0.25, 0.3) is 0 Å². The van der Waals surface area contributed by atoms with Gasteiger partial charge in [-0.2, -0.15) is 4.31 Å². The lowest BCUT2D eigenvalue weighted by molar-refractivity contribution is 0.0734. The van der Waals surface area contributed by atoms with Gasteiger partial charge in [-0.05, 0) is 48.5 Å². The first-order valence-electron chi connectivity index (χ1n) is 10.2. The highest BCUT2D eigenvalue weighted by Crippen LogP contribution is 2.39. The summed E-state index contributed by atoms with van der Waals surface area (Å²) in [7, 11) is -4.36. The smallest absolute Gasteiger partial charge is 0.343 e. The number of carbonyl (C=O) groups excluding carboxylic acids is 2. The van der Waals surface area contributed by atoms with Gasteiger partial charge in [0.1, 0.15) is 0 Å². The molecule has 0 aliphatic carbocycles. The molecular weight excluding hydrogens is 509 g/mol. The molecular formula is C26H17Cl2NO5S. The van der Waals surface area contributed by atoms with Crippen LogP contribution in [-0.4, -0.2) is 20.3 Å². The molecule has 0 N–H and O–H groups in total. The van der Waals surface area contributed by atoms with Gasteiger partial charge in [0.05, 0.1) is 26.2 Å². The first-order chi connectivity index (χ1) is 16.8. The highest BCUT2D eigenvalue weighted by Gasteiger charge is 2.33. The second-order valence-electron chi connectivity index (χ2n) is 7.25. The van der Waals surface area contributed by atoms with E-state index >= 15 is 0 Å². The third kappa shape index (κ3) is 5.22. The summed E-state index contributed by atoms with van der Waals surface area (Å²) in [5, 5.41) is -0.295. The number of nitrogens with zero attached hydrogens (tertiary/aromatic N) is 1. The molecule has 0 unspecified atom stereocenters. The van der Waals surface area contributed by atoms with Crippen molar-refractivity contribution in [1.29, 1.82) is 0 Å². The second-order valence-corrected chi connectivity index (χ2v) is 9.85. The first-order valence-corrected chi connectivity index (χ1v) is 12.4. The second kappa shape index (κ2) is 10.3. The fraction of sp³-hybridized carbons (Fsp3) is 0. The largest absolute Gasteiger partial charge is 0.420 e. The quantitative estimate of drug-likeness (QED) is 0.219. The van der Waals surface area contributed by atoms with E-state index in [2.05, 4.69) is 0 Å². The molecule has 4 rings (SSSR count). The topological polar surface area (TPSA) is 80.8 Å². The van der Waals surface area contributed by atoms with Crippen molar-refractivity contribution in [2.24, 2.45) is 0 Å². The molecule has 0 saturated carbocycles. The fourth-order valence-electron chi connectivity index (χ4n) is 3.25. The molecule has 0 saturated heterocycles. The molecule has 4 aromatic rings. The summed E-state index contributed by atoms with van der Waals surface area (Å²) in [5.74, 6) is -1.66. The van der Waals surface area contributed by atoms with E-state index in [-0.39, 0.29) is 37.5 Å². The number of amides is 1. The van der Waals surface area contributed by atoms with Crippen molar-refractivity contribution < 1.29 is 22.7 Å². The van der Waals surface area contributed by atoms with E-state index in [1.54, 1.807) is 66.7 Å². The van der Waals surface area contributed by atoms with Crippen molar-refractivity contribution in [1.82, 2.24) is 0 Å². The molecule has 0 aliphatic rings. The summed E-state index contributed by atoms with van der Waals surface area (Å²) in [6.45, 7) is 0. The molecule has 35 heavy (non-hydrogen) atoms. The molecule has 0 fully saturated rings. The molecule has 176 valence electrons. The number of carbonyl (C=O) groups is 2. The predicted octanol–water partition coefficient (Wildman–Crippen LogP) is 6.25. The van der Waals surface area contributed by atoms with Crippen LogP contribution in [0.1, 0.15) is 20.7 Å². The highest BCUT2D eigenvalue weighted by atomic mass is 35.5. The summed E-state index contributed by atoms with van der Waals surface area (Å²) in [4.78, 5) is 25.8. The summed E-state index contributed by atoms with van der Waals surface area (Å²) in [6, 6.07) is 26.1. The first kappa shape index (κ1) is 24.5. The van der Waals surface area contributed by atoms with Gasteiger partial charge in [0.25, 0.3) is 15.9 Å². The number of hydrogen-bond donors (Lipinski definition) is 0. The number of rotatable bonds is 6. The van der Waals surface area contributed by atoms with Crippen molar-refractivity contribution in [3.63, 3.8) is 0 Å². The Morgan fingerprint density at radius 2 is 1.14 bits per heavy atom. The van der Waals surface area contributed by atoms with Crippen LogP contribution in [0, 0.1) is 0 Å². The van der Waals surface area contributed by atoms with E-state index in [0.717, 1.165) is 0 Å². The van der Waals surface area contributed by atoms with E-state index < -0.39 is 21.9 Å². The van der Waals surface area contributed by atoms with Crippen molar-refractivity contribution in [2.45, 2.75) is 4.90 Å². The van der Waals surface area contributed by atoms with Crippen molar-refractivity contribution in [2.75, 3.05) is 4.31 Å². The number of anilines is 1. The molecule has 4 aromatic carbocycles. The van der Waals surface area contributed by atoms with Crippen LogP contribution in [0.3, 0.4) is 0 Å². The van der Waals surface area contributed by atoms with Crippen LogP contribution in [0.15, 0.2) is 108 Å². The van der Waals surface area contributed by atoms with Gasteiger partial charge in [0.15, 0.2) is 5.75 Å². The Morgan fingerprint density at radius 1 is 0.686 bits per heavy atom. The maximum Gasteiger partial charge on any atom is 0.343 e. The Hall–Kier alpha value is -3.65. The predicted molar refractivity (Wildman–Crippen MR) is 135 cm³/mol. The number of ether oxygens (including phenoxy) is 1. The van der Waals surface area contributed by atoms with Gasteiger partial charge in [-0.25, -0.2) is 13.2 Å². The van der Waals surface area contributed by atoms with Crippen LogP contribution in [0.4, 0.5) is 5.69 Å². The van der Waals surface area contributed by atoms with Crippen LogP contribution in [-0.2, 0) is 10.0 Å². The summed E-state index contributed by atoms with van der Waals surface area (Å²) in [6.07, 6.45) is 0. The third-order valence-corrected chi connectivity index (χ3v) is 7.20. The lowest BCUT2D eigenvalue weighted by Crippen LogP contribution is -2.37. The molecule has 0 aliphatic heterocycles. The highest BCUT2D eigenvalue weighted by molar-refractivity contribution is 7.93. The Bertz CT molecular complexity index is 1460. The normalized spacial score (nSPS) is 11.0.